The van der Waals surface area contributed by atoms with E-state index in [4.69, 9.17) is 42.4 Å². The SMILES string of the molecule is O=C(O)c1ccc2nc(CN3CCC(Oc4ccnc(COc5ccc(Cl)cc5Cl)c4)CC3)n([Si]=C3CCO3)c2c1. The highest BCUT2D eigenvalue weighted by Gasteiger charge is 2.24. The summed E-state index contributed by atoms with van der Waals surface area (Å²) >= 11 is 12.2. The third-order valence-corrected chi connectivity index (χ3v) is 8.97. The molecule has 2 saturated heterocycles. The first-order chi connectivity index (χ1) is 19.9. The van der Waals surface area contributed by atoms with E-state index in [-0.39, 0.29) is 18.3 Å². The Bertz CT molecular complexity index is 1610. The highest BCUT2D eigenvalue weighted by molar-refractivity contribution is 6.52. The first-order valence-electron chi connectivity index (χ1n) is 13.3. The summed E-state index contributed by atoms with van der Waals surface area (Å²) in [5, 5.41) is 11.5. The van der Waals surface area contributed by atoms with E-state index < -0.39 is 5.97 Å². The van der Waals surface area contributed by atoms with E-state index in [0.29, 0.717) is 31.6 Å². The van der Waals surface area contributed by atoms with Crippen molar-refractivity contribution in [1.82, 2.24) is 19.1 Å². The van der Waals surface area contributed by atoms with Gasteiger partial charge in [-0.15, -0.1) is 0 Å². The van der Waals surface area contributed by atoms with Crippen LogP contribution in [0, 0.1) is 0 Å². The number of carbonyl (C=O) groups is 1. The Balaban J connectivity index is 1.07. The number of ether oxygens (including phenoxy) is 3. The van der Waals surface area contributed by atoms with Crippen molar-refractivity contribution in [3.63, 3.8) is 0 Å². The Labute approximate surface area is 249 Å². The van der Waals surface area contributed by atoms with Crippen LogP contribution in [0.1, 0.15) is 41.1 Å². The highest BCUT2D eigenvalue weighted by atomic mass is 35.5. The second-order valence-corrected chi connectivity index (χ2v) is 12.0. The van der Waals surface area contributed by atoms with E-state index in [1.807, 2.05) is 12.1 Å². The smallest absolute Gasteiger partial charge is 0.335 e. The number of carboxylic acid groups (broad SMARTS) is 1. The number of hydrogen-bond acceptors (Lipinski definition) is 7. The quantitative estimate of drug-likeness (QED) is 0.262. The van der Waals surface area contributed by atoms with Gasteiger partial charge in [0.25, 0.3) is 0 Å². The van der Waals surface area contributed by atoms with Crippen LogP contribution in [0.5, 0.6) is 11.5 Å². The van der Waals surface area contributed by atoms with E-state index in [2.05, 4.69) is 14.1 Å². The molecule has 4 heterocycles. The first-order valence-corrected chi connectivity index (χ1v) is 15.0. The summed E-state index contributed by atoms with van der Waals surface area (Å²) in [4.78, 5) is 23.2. The molecule has 2 aromatic heterocycles. The second-order valence-electron chi connectivity index (χ2n) is 9.95. The Morgan fingerprint density at radius 2 is 1.95 bits per heavy atom. The number of nitrogens with zero attached hydrogens (tertiary/aromatic N) is 4. The summed E-state index contributed by atoms with van der Waals surface area (Å²) in [5.41, 5.74) is 2.62. The number of rotatable bonds is 9. The van der Waals surface area contributed by atoms with Crippen LogP contribution in [0.15, 0.2) is 54.7 Å². The van der Waals surface area contributed by atoms with Gasteiger partial charge < -0.3 is 23.5 Å². The summed E-state index contributed by atoms with van der Waals surface area (Å²) in [6.07, 6.45) is 4.49. The molecule has 1 N–H and O–H groups in total. The van der Waals surface area contributed by atoms with Gasteiger partial charge in [0.1, 0.15) is 30.0 Å². The lowest BCUT2D eigenvalue weighted by Gasteiger charge is -2.32. The molecule has 2 aromatic carbocycles. The molecule has 6 rings (SSSR count). The van der Waals surface area contributed by atoms with E-state index in [9.17, 15) is 9.90 Å². The number of aromatic nitrogens is 3. The summed E-state index contributed by atoms with van der Waals surface area (Å²) < 4.78 is 19.9. The second kappa shape index (κ2) is 12.2. The molecule has 2 fully saturated rings. The van der Waals surface area contributed by atoms with Crippen LogP contribution in [-0.2, 0) is 17.9 Å². The van der Waals surface area contributed by atoms with Gasteiger partial charge >= 0.3 is 5.97 Å². The van der Waals surface area contributed by atoms with E-state index in [1.165, 1.54) is 0 Å². The molecule has 0 aliphatic carbocycles. The van der Waals surface area contributed by atoms with Crippen molar-refractivity contribution in [1.29, 1.82) is 0 Å². The van der Waals surface area contributed by atoms with Gasteiger partial charge in [-0.3, -0.25) is 9.88 Å². The van der Waals surface area contributed by atoms with Crippen LogP contribution in [0.2, 0.25) is 10.0 Å². The molecule has 4 aromatic rings. The van der Waals surface area contributed by atoms with Crippen LogP contribution in [-0.4, -0.2) is 70.6 Å². The number of likely N-dealkylation sites (tertiary alicyclic amines) is 1. The van der Waals surface area contributed by atoms with Crippen molar-refractivity contribution >= 4 is 54.9 Å². The number of halogens is 2. The fourth-order valence-electron chi connectivity index (χ4n) is 4.84. The van der Waals surface area contributed by atoms with Crippen LogP contribution in [0.4, 0.5) is 0 Å². The predicted octanol–water partition coefficient (Wildman–Crippen LogP) is 5.08. The molecule has 0 atom stereocenters. The van der Waals surface area contributed by atoms with Crippen molar-refractivity contribution < 1.29 is 24.1 Å². The maximum Gasteiger partial charge on any atom is 0.335 e. The van der Waals surface area contributed by atoms with Gasteiger partial charge in [-0.1, -0.05) is 23.2 Å². The molecule has 2 aliphatic rings. The van der Waals surface area contributed by atoms with Gasteiger partial charge in [-0.25, -0.2) is 9.78 Å². The summed E-state index contributed by atoms with van der Waals surface area (Å²) in [7, 11) is 0.292. The van der Waals surface area contributed by atoms with Gasteiger partial charge in [-0.05, 0) is 55.3 Å². The Hall–Kier alpha value is -3.44. The third-order valence-electron chi connectivity index (χ3n) is 7.07. The maximum absolute atomic E-state index is 11.6. The molecule has 0 saturated carbocycles. The molecule has 0 bridgehead atoms. The molecule has 12 heteroatoms. The number of aromatic carboxylic acids is 1. The average Bonchev–Trinajstić information content (AvgIpc) is 3.27. The van der Waals surface area contributed by atoms with Crippen LogP contribution in [0.25, 0.3) is 11.0 Å². The molecule has 211 valence electrons. The van der Waals surface area contributed by atoms with Crippen molar-refractivity contribution in [3.8, 4) is 11.5 Å². The van der Waals surface area contributed by atoms with Gasteiger partial charge in [0.2, 0.25) is 9.29 Å². The van der Waals surface area contributed by atoms with Crippen LogP contribution < -0.4 is 9.47 Å². The van der Waals surface area contributed by atoms with Crippen LogP contribution >= 0.6 is 23.2 Å². The molecule has 0 unspecified atom stereocenters. The number of imidazole rings is 1. The highest BCUT2D eigenvalue weighted by Crippen LogP contribution is 2.28. The van der Waals surface area contributed by atoms with Crippen molar-refractivity contribution in [2.45, 2.75) is 38.5 Å². The number of carboxylic acids is 1. The minimum Gasteiger partial charge on any atom is -0.501 e. The molecule has 2 aliphatic heterocycles. The van der Waals surface area contributed by atoms with Gasteiger partial charge in [0.15, 0.2) is 0 Å². The molecule has 41 heavy (non-hydrogen) atoms. The van der Waals surface area contributed by atoms with E-state index in [1.54, 1.807) is 42.6 Å². The van der Waals surface area contributed by atoms with Crippen molar-refractivity contribution in [3.05, 3.63) is 81.9 Å². The minimum atomic E-state index is -0.945. The fourth-order valence-corrected chi connectivity index (χ4v) is 6.48. The number of benzene rings is 2. The molecular weight excluding hydrogens is 583 g/mol. The number of fused-ring (bicyclic) bond motifs is 1. The van der Waals surface area contributed by atoms with Gasteiger partial charge in [-0.2, -0.15) is 0 Å². The molecule has 0 spiro atoms. The number of pyridine rings is 1. The minimum absolute atomic E-state index is 0.0888. The lowest BCUT2D eigenvalue weighted by molar-refractivity contribution is 0.0697. The molecule has 9 nitrogen and oxygen atoms in total. The lowest BCUT2D eigenvalue weighted by Crippen LogP contribution is -2.38. The molecule has 0 amide bonds. The molecular formula is C29H27Cl2N4O5Si. The summed E-state index contributed by atoms with van der Waals surface area (Å²) in [6, 6.07) is 14.0. The zero-order valence-electron chi connectivity index (χ0n) is 22.1. The van der Waals surface area contributed by atoms with Crippen molar-refractivity contribution in [2.75, 3.05) is 19.7 Å². The zero-order valence-corrected chi connectivity index (χ0v) is 24.6. The van der Waals surface area contributed by atoms with Gasteiger partial charge in [0, 0.05) is 36.8 Å². The third kappa shape index (κ3) is 6.56. The monoisotopic (exact) mass is 609 g/mol. The molecule has 1 radical (unpaired) electrons. The largest absolute Gasteiger partial charge is 0.501 e. The summed E-state index contributed by atoms with van der Waals surface area (Å²) in [5.74, 6) is 1.28. The van der Waals surface area contributed by atoms with E-state index in [0.717, 1.165) is 72.6 Å². The van der Waals surface area contributed by atoms with Crippen molar-refractivity contribution in [2.24, 2.45) is 0 Å². The Morgan fingerprint density at radius 1 is 1.12 bits per heavy atom. The fraction of sp³-hybridized carbons (Fsp3) is 0.310. The standard InChI is InChI=1S/C29H27Cl2N4O5Si/c30-19-2-4-26(23(31)14-19)39-17-20-15-22(5-9-32-20)40-21-6-10-34(11-7-21)16-27-33-24-3-1-18(29(36)37)13-25(24)35(27)41-28-8-12-38-28/h1-5,9,13-15,21H,6-8,10-12,16-17H2,(H,36,37). The predicted molar refractivity (Wildman–Crippen MR) is 157 cm³/mol. The first kappa shape index (κ1) is 27.7. The number of hydrogen-bond donors (Lipinski definition) is 1. The average molecular weight is 611 g/mol. The Kier molecular flexibility index (Phi) is 8.24. The zero-order chi connectivity index (χ0) is 28.3. The topological polar surface area (TPSA) is 98.9 Å². The van der Waals surface area contributed by atoms with E-state index >= 15 is 0 Å². The summed E-state index contributed by atoms with van der Waals surface area (Å²) in [6.45, 7) is 3.40. The normalized spacial score (nSPS) is 16.9. The van der Waals surface area contributed by atoms with Crippen LogP contribution in [0.3, 0.4) is 0 Å². The Morgan fingerprint density at radius 3 is 2.68 bits per heavy atom. The maximum atomic E-state index is 11.6. The lowest BCUT2D eigenvalue weighted by atomic mass is 10.1. The number of piperidine rings is 1. The van der Waals surface area contributed by atoms with Gasteiger partial charge in [0.05, 0.1) is 45.8 Å².